The number of hydrogen-bond donors (Lipinski definition) is 1. The van der Waals surface area contributed by atoms with Crippen molar-refractivity contribution in [3.8, 4) is 0 Å². The molecule has 0 aliphatic carbocycles. The average Bonchev–Trinajstić information content (AvgIpc) is 2.86. The molecule has 1 aromatic carbocycles. The van der Waals surface area contributed by atoms with Gasteiger partial charge in [0.25, 0.3) is 5.91 Å². The van der Waals surface area contributed by atoms with Crippen molar-refractivity contribution in [2.75, 3.05) is 13.1 Å². The number of benzene rings is 1. The predicted octanol–water partition coefficient (Wildman–Crippen LogP) is 1.57. The van der Waals surface area contributed by atoms with Gasteiger partial charge in [-0.25, -0.2) is 4.39 Å². The third kappa shape index (κ3) is 2.03. The Morgan fingerprint density at radius 3 is 2.94 bits per heavy atom. The lowest BCUT2D eigenvalue weighted by molar-refractivity contribution is 0.0717. The van der Waals surface area contributed by atoms with Gasteiger partial charge in [-0.1, -0.05) is 0 Å². The Kier molecular flexibility index (Phi) is 3.35. The highest BCUT2D eigenvalue weighted by atomic mass is 35.5. The van der Waals surface area contributed by atoms with Crippen molar-refractivity contribution in [1.82, 2.24) is 10.2 Å². The molecular weight excluding hydrogens is 243 g/mol. The first-order chi connectivity index (χ1) is 7.75. The smallest absolute Gasteiger partial charge is 0.254 e. The van der Waals surface area contributed by atoms with E-state index in [-0.39, 0.29) is 30.2 Å². The second-order valence-corrected chi connectivity index (χ2v) is 4.38. The van der Waals surface area contributed by atoms with E-state index in [4.69, 9.17) is 0 Å². The molecule has 3 rings (SSSR count). The summed E-state index contributed by atoms with van der Waals surface area (Å²) in [5, 5.41) is 3.24. The molecule has 0 aromatic heterocycles. The first-order valence-electron chi connectivity index (χ1n) is 5.56. The number of rotatable bonds is 1. The molecule has 0 saturated carbocycles. The number of nitrogens with zero attached hydrogens (tertiary/aromatic N) is 1. The minimum absolute atomic E-state index is 0. The molecule has 1 fully saturated rings. The number of fused-ring (bicyclic) bond motifs is 1. The van der Waals surface area contributed by atoms with Crippen LogP contribution in [-0.4, -0.2) is 29.9 Å². The number of amides is 1. The fourth-order valence-electron chi connectivity index (χ4n) is 2.51. The molecular formula is C12H14ClFN2O. The van der Waals surface area contributed by atoms with Gasteiger partial charge in [0, 0.05) is 24.7 Å². The van der Waals surface area contributed by atoms with E-state index in [1.807, 2.05) is 4.90 Å². The molecule has 2 heterocycles. The number of carbonyl (C=O) groups is 1. The van der Waals surface area contributed by atoms with E-state index >= 15 is 0 Å². The molecule has 1 amide bonds. The summed E-state index contributed by atoms with van der Waals surface area (Å²) in [5.41, 5.74) is 1.48. The predicted molar refractivity (Wildman–Crippen MR) is 64.8 cm³/mol. The van der Waals surface area contributed by atoms with E-state index in [1.165, 1.54) is 12.1 Å². The zero-order chi connectivity index (χ0) is 11.1. The lowest BCUT2D eigenvalue weighted by Gasteiger charge is -2.22. The Morgan fingerprint density at radius 1 is 1.41 bits per heavy atom. The minimum Gasteiger partial charge on any atom is -0.330 e. The van der Waals surface area contributed by atoms with Crippen molar-refractivity contribution >= 4 is 18.3 Å². The van der Waals surface area contributed by atoms with Crippen LogP contribution in [0.15, 0.2) is 18.2 Å². The van der Waals surface area contributed by atoms with Crippen LogP contribution < -0.4 is 5.32 Å². The summed E-state index contributed by atoms with van der Waals surface area (Å²) in [6, 6.07) is 4.68. The van der Waals surface area contributed by atoms with Crippen molar-refractivity contribution in [3.05, 3.63) is 35.1 Å². The molecule has 92 valence electrons. The molecule has 3 nitrogen and oxygen atoms in total. The number of carbonyl (C=O) groups excluding carboxylic acids is 1. The van der Waals surface area contributed by atoms with Crippen LogP contribution in [0.5, 0.6) is 0 Å². The Labute approximate surface area is 105 Å². The van der Waals surface area contributed by atoms with Crippen LogP contribution in [0.25, 0.3) is 0 Å². The molecule has 0 bridgehead atoms. The van der Waals surface area contributed by atoms with E-state index in [0.717, 1.165) is 25.1 Å². The molecule has 2 aliphatic rings. The SMILES string of the molecule is Cl.O=C1c2ccc(F)cc2CN1[C@H]1CCNC1. The minimum atomic E-state index is -0.266. The largest absolute Gasteiger partial charge is 0.330 e. The van der Waals surface area contributed by atoms with E-state index in [9.17, 15) is 9.18 Å². The molecule has 5 heteroatoms. The van der Waals surface area contributed by atoms with Crippen molar-refractivity contribution in [3.63, 3.8) is 0 Å². The summed E-state index contributed by atoms with van der Waals surface area (Å²) in [6.45, 7) is 2.36. The fourth-order valence-corrected chi connectivity index (χ4v) is 2.51. The Morgan fingerprint density at radius 2 is 2.24 bits per heavy atom. The van der Waals surface area contributed by atoms with Crippen molar-refractivity contribution < 1.29 is 9.18 Å². The number of halogens is 2. The van der Waals surface area contributed by atoms with Crippen LogP contribution in [0.4, 0.5) is 4.39 Å². The summed E-state index contributed by atoms with van der Waals surface area (Å²) in [7, 11) is 0. The molecule has 1 atom stereocenters. The first kappa shape index (κ1) is 12.3. The summed E-state index contributed by atoms with van der Waals surface area (Å²) in [5.74, 6) is -0.221. The summed E-state index contributed by atoms with van der Waals surface area (Å²) in [4.78, 5) is 13.9. The van der Waals surface area contributed by atoms with E-state index < -0.39 is 0 Å². The van der Waals surface area contributed by atoms with E-state index in [0.29, 0.717) is 12.1 Å². The van der Waals surface area contributed by atoms with Gasteiger partial charge in [-0.3, -0.25) is 4.79 Å². The average molecular weight is 257 g/mol. The summed E-state index contributed by atoms with van der Waals surface area (Å²) in [6.07, 6.45) is 0.988. The van der Waals surface area contributed by atoms with E-state index in [2.05, 4.69) is 5.32 Å². The van der Waals surface area contributed by atoms with Gasteiger partial charge >= 0.3 is 0 Å². The van der Waals surface area contributed by atoms with Crippen LogP contribution in [0.2, 0.25) is 0 Å². The van der Waals surface area contributed by atoms with Gasteiger partial charge in [0.2, 0.25) is 0 Å². The third-order valence-electron chi connectivity index (χ3n) is 3.37. The zero-order valence-corrected chi connectivity index (χ0v) is 10.1. The van der Waals surface area contributed by atoms with Gasteiger partial charge in [-0.15, -0.1) is 12.4 Å². The molecule has 1 N–H and O–H groups in total. The van der Waals surface area contributed by atoms with Gasteiger partial charge < -0.3 is 10.2 Å². The van der Waals surface area contributed by atoms with Crippen LogP contribution in [0, 0.1) is 5.82 Å². The van der Waals surface area contributed by atoms with Crippen molar-refractivity contribution in [2.45, 2.75) is 19.0 Å². The first-order valence-corrected chi connectivity index (χ1v) is 5.56. The van der Waals surface area contributed by atoms with Crippen LogP contribution >= 0.6 is 12.4 Å². The molecule has 0 radical (unpaired) electrons. The van der Waals surface area contributed by atoms with E-state index in [1.54, 1.807) is 6.07 Å². The van der Waals surface area contributed by atoms with Gasteiger partial charge in [0.1, 0.15) is 5.82 Å². The Balaban J connectivity index is 0.00000108. The molecule has 0 unspecified atom stereocenters. The normalized spacial score (nSPS) is 22.5. The van der Waals surface area contributed by atoms with Crippen molar-refractivity contribution in [2.24, 2.45) is 0 Å². The Bertz CT molecular complexity index is 446. The second-order valence-electron chi connectivity index (χ2n) is 4.38. The monoisotopic (exact) mass is 256 g/mol. The maximum Gasteiger partial charge on any atom is 0.254 e. The highest BCUT2D eigenvalue weighted by Gasteiger charge is 2.33. The second kappa shape index (κ2) is 4.63. The maximum atomic E-state index is 13.1. The summed E-state index contributed by atoms with van der Waals surface area (Å²) >= 11 is 0. The highest BCUT2D eigenvalue weighted by molar-refractivity contribution is 5.98. The number of nitrogens with one attached hydrogen (secondary N) is 1. The quantitative estimate of drug-likeness (QED) is 0.827. The molecule has 17 heavy (non-hydrogen) atoms. The third-order valence-corrected chi connectivity index (χ3v) is 3.37. The molecule has 2 aliphatic heterocycles. The molecule has 1 saturated heterocycles. The standard InChI is InChI=1S/C12H13FN2O.ClH/c13-9-1-2-11-8(5-9)7-15(12(11)16)10-3-4-14-6-10;/h1-2,5,10,14H,3-4,6-7H2;1H/t10-;/m0./s1. The number of hydrogen-bond acceptors (Lipinski definition) is 2. The van der Waals surface area contributed by atoms with Crippen LogP contribution in [-0.2, 0) is 6.54 Å². The van der Waals surface area contributed by atoms with Crippen LogP contribution in [0.3, 0.4) is 0 Å². The van der Waals surface area contributed by atoms with Gasteiger partial charge in [0.15, 0.2) is 0 Å². The van der Waals surface area contributed by atoms with Gasteiger partial charge in [-0.2, -0.15) is 0 Å². The van der Waals surface area contributed by atoms with Crippen LogP contribution in [0.1, 0.15) is 22.3 Å². The lowest BCUT2D eigenvalue weighted by atomic mass is 10.1. The van der Waals surface area contributed by atoms with Crippen molar-refractivity contribution in [1.29, 1.82) is 0 Å². The van der Waals surface area contributed by atoms with Gasteiger partial charge in [-0.05, 0) is 36.7 Å². The molecule has 0 spiro atoms. The molecule has 1 aromatic rings. The summed E-state index contributed by atoms with van der Waals surface area (Å²) < 4.78 is 13.1. The Hall–Kier alpha value is -1.13. The highest BCUT2D eigenvalue weighted by Crippen LogP contribution is 2.26. The lowest BCUT2D eigenvalue weighted by Crippen LogP contribution is -2.36. The fraction of sp³-hybridized carbons (Fsp3) is 0.417. The zero-order valence-electron chi connectivity index (χ0n) is 9.28. The maximum absolute atomic E-state index is 13.1. The van der Waals surface area contributed by atoms with Gasteiger partial charge in [0.05, 0.1) is 0 Å². The topological polar surface area (TPSA) is 32.3 Å².